The van der Waals surface area contributed by atoms with Gasteiger partial charge in [-0.15, -0.1) is 0 Å². The number of hydrogen-bond donors (Lipinski definition) is 0. The summed E-state index contributed by atoms with van der Waals surface area (Å²) in [5.74, 6) is 3.22. The minimum Gasteiger partial charge on any atom is -0.165 e. The van der Waals surface area contributed by atoms with Crippen LogP contribution in [0.15, 0.2) is 0 Å². The van der Waals surface area contributed by atoms with Gasteiger partial charge in [0.15, 0.2) is 0 Å². The van der Waals surface area contributed by atoms with Crippen molar-refractivity contribution in [2.45, 2.75) is 72.1 Å². The van der Waals surface area contributed by atoms with Gasteiger partial charge < -0.3 is 0 Å². The van der Waals surface area contributed by atoms with Gasteiger partial charge in [-0.05, 0) is 30.3 Å². The zero-order valence-corrected chi connectivity index (χ0v) is 12.7. The highest BCUT2D eigenvalue weighted by molar-refractivity contribution is 7.98. The Morgan fingerprint density at radius 1 is 0.875 bits per heavy atom. The SMILES string of the molecule is CCCCC(CCCCCCSC)C(C)C. The third-order valence-electron chi connectivity index (χ3n) is 3.54. The zero-order chi connectivity index (χ0) is 12.2. The highest BCUT2D eigenvalue weighted by atomic mass is 32.2. The van der Waals surface area contributed by atoms with E-state index in [0.29, 0.717) is 0 Å². The van der Waals surface area contributed by atoms with Crippen molar-refractivity contribution in [2.24, 2.45) is 11.8 Å². The molecule has 0 bridgehead atoms. The summed E-state index contributed by atoms with van der Waals surface area (Å²) < 4.78 is 0. The summed E-state index contributed by atoms with van der Waals surface area (Å²) in [7, 11) is 0. The summed E-state index contributed by atoms with van der Waals surface area (Å²) in [6.07, 6.45) is 13.7. The van der Waals surface area contributed by atoms with E-state index in [0.717, 1.165) is 11.8 Å². The fraction of sp³-hybridized carbons (Fsp3) is 1.00. The molecular weight excluding hydrogens is 212 g/mol. The van der Waals surface area contributed by atoms with Gasteiger partial charge in [-0.25, -0.2) is 0 Å². The van der Waals surface area contributed by atoms with E-state index in [9.17, 15) is 0 Å². The van der Waals surface area contributed by atoms with E-state index >= 15 is 0 Å². The maximum atomic E-state index is 2.40. The van der Waals surface area contributed by atoms with Crippen LogP contribution in [0, 0.1) is 11.8 Å². The second-order valence-electron chi connectivity index (χ2n) is 5.34. The smallest absolute Gasteiger partial charge is 0.00703 e. The fourth-order valence-corrected chi connectivity index (χ4v) is 2.78. The van der Waals surface area contributed by atoms with Crippen LogP contribution in [-0.4, -0.2) is 12.0 Å². The van der Waals surface area contributed by atoms with Crippen molar-refractivity contribution in [3.05, 3.63) is 0 Å². The minimum atomic E-state index is 0.887. The molecule has 1 unspecified atom stereocenters. The summed E-state index contributed by atoms with van der Waals surface area (Å²) in [6.45, 7) is 7.10. The molecule has 0 heterocycles. The van der Waals surface area contributed by atoms with Crippen LogP contribution in [0.25, 0.3) is 0 Å². The number of rotatable bonds is 11. The van der Waals surface area contributed by atoms with Crippen LogP contribution >= 0.6 is 11.8 Å². The van der Waals surface area contributed by atoms with Crippen molar-refractivity contribution in [3.8, 4) is 0 Å². The Bertz CT molecular complexity index is 131. The van der Waals surface area contributed by atoms with E-state index in [4.69, 9.17) is 0 Å². The van der Waals surface area contributed by atoms with E-state index in [-0.39, 0.29) is 0 Å². The predicted octanol–water partition coefficient (Wildman–Crippen LogP) is 5.76. The van der Waals surface area contributed by atoms with Gasteiger partial charge in [0.1, 0.15) is 0 Å². The zero-order valence-electron chi connectivity index (χ0n) is 11.9. The second-order valence-corrected chi connectivity index (χ2v) is 6.33. The summed E-state index contributed by atoms with van der Waals surface area (Å²) in [5, 5.41) is 0. The molecule has 0 nitrogen and oxygen atoms in total. The second kappa shape index (κ2) is 11.8. The number of thioether (sulfide) groups is 1. The van der Waals surface area contributed by atoms with Gasteiger partial charge in [-0.2, -0.15) is 11.8 Å². The molecule has 0 amide bonds. The molecule has 0 aromatic rings. The van der Waals surface area contributed by atoms with Gasteiger partial charge in [0.25, 0.3) is 0 Å². The van der Waals surface area contributed by atoms with E-state index in [1.165, 1.54) is 57.1 Å². The fourth-order valence-electron chi connectivity index (χ4n) is 2.28. The largest absolute Gasteiger partial charge is 0.165 e. The Morgan fingerprint density at radius 2 is 1.50 bits per heavy atom. The van der Waals surface area contributed by atoms with Crippen LogP contribution in [0.5, 0.6) is 0 Å². The molecule has 0 N–H and O–H groups in total. The number of hydrogen-bond acceptors (Lipinski definition) is 1. The Morgan fingerprint density at radius 3 is 2.06 bits per heavy atom. The summed E-state index contributed by atoms with van der Waals surface area (Å²) in [6, 6.07) is 0. The molecule has 0 fully saturated rings. The van der Waals surface area contributed by atoms with Crippen molar-refractivity contribution in [3.63, 3.8) is 0 Å². The average Bonchev–Trinajstić information content (AvgIpc) is 2.26. The third-order valence-corrected chi connectivity index (χ3v) is 4.24. The predicted molar refractivity (Wildman–Crippen MR) is 79.3 cm³/mol. The van der Waals surface area contributed by atoms with E-state index in [1.807, 2.05) is 11.8 Å². The Labute approximate surface area is 108 Å². The number of unbranched alkanes of at least 4 members (excludes halogenated alkanes) is 4. The van der Waals surface area contributed by atoms with E-state index in [2.05, 4.69) is 27.0 Å². The van der Waals surface area contributed by atoms with Gasteiger partial charge in [0.2, 0.25) is 0 Å². The molecule has 1 heteroatoms. The van der Waals surface area contributed by atoms with Crippen LogP contribution in [0.4, 0.5) is 0 Å². The maximum absolute atomic E-state index is 2.40. The highest BCUT2D eigenvalue weighted by Crippen LogP contribution is 2.24. The highest BCUT2D eigenvalue weighted by Gasteiger charge is 2.11. The van der Waals surface area contributed by atoms with Crippen LogP contribution in [0.2, 0.25) is 0 Å². The Kier molecular flexibility index (Phi) is 12.1. The standard InChI is InChI=1S/C15H32S/c1-5-6-11-15(14(2)3)12-9-7-8-10-13-16-4/h14-15H,5-13H2,1-4H3. The lowest BCUT2D eigenvalue weighted by molar-refractivity contribution is 0.317. The summed E-state index contributed by atoms with van der Waals surface area (Å²) >= 11 is 1.98. The molecule has 0 spiro atoms. The van der Waals surface area contributed by atoms with E-state index in [1.54, 1.807) is 0 Å². The molecule has 1 atom stereocenters. The van der Waals surface area contributed by atoms with Gasteiger partial charge in [-0.1, -0.05) is 65.7 Å². The van der Waals surface area contributed by atoms with Crippen molar-refractivity contribution in [2.75, 3.05) is 12.0 Å². The molecule has 0 radical (unpaired) electrons. The molecular formula is C15H32S. The molecule has 0 aromatic heterocycles. The molecule has 0 aliphatic carbocycles. The van der Waals surface area contributed by atoms with Gasteiger partial charge in [-0.3, -0.25) is 0 Å². The first-order valence-corrected chi connectivity index (χ1v) is 8.60. The first-order valence-electron chi connectivity index (χ1n) is 7.21. The van der Waals surface area contributed by atoms with Crippen molar-refractivity contribution in [1.82, 2.24) is 0 Å². The average molecular weight is 244 g/mol. The molecule has 0 saturated heterocycles. The monoisotopic (exact) mass is 244 g/mol. The molecule has 0 aromatic carbocycles. The van der Waals surface area contributed by atoms with Crippen molar-refractivity contribution in [1.29, 1.82) is 0 Å². The quantitative estimate of drug-likeness (QED) is 0.416. The first-order chi connectivity index (χ1) is 7.72. The van der Waals surface area contributed by atoms with Crippen molar-refractivity contribution < 1.29 is 0 Å². The van der Waals surface area contributed by atoms with Gasteiger partial charge in [0.05, 0.1) is 0 Å². The molecule has 16 heavy (non-hydrogen) atoms. The van der Waals surface area contributed by atoms with Gasteiger partial charge in [0, 0.05) is 0 Å². The lowest BCUT2D eigenvalue weighted by Gasteiger charge is -2.20. The molecule has 0 aliphatic heterocycles. The minimum absolute atomic E-state index is 0.887. The first kappa shape index (κ1) is 16.4. The summed E-state index contributed by atoms with van der Waals surface area (Å²) in [5.41, 5.74) is 0. The molecule has 98 valence electrons. The summed E-state index contributed by atoms with van der Waals surface area (Å²) in [4.78, 5) is 0. The normalized spacial score (nSPS) is 13.3. The van der Waals surface area contributed by atoms with Gasteiger partial charge >= 0.3 is 0 Å². The molecule has 0 saturated carbocycles. The van der Waals surface area contributed by atoms with Crippen LogP contribution in [0.1, 0.15) is 72.1 Å². The maximum Gasteiger partial charge on any atom is -0.00703 e. The van der Waals surface area contributed by atoms with Crippen molar-refractivity contribution >= 4 is 11.8 Å². The topological polar surface area (TPSA) is 0 Å². The molecule has 0 aliphatic rings. The third kappa shape index (κ3) is 9.57. The Hall–Kier alpha value is 0.350. The van der Waals surface area contributed by atoms with Crippen LogP contribution in [0.3, 0.4) is 0 Å². The molecule has 0 rings (SSSR count). The van der Waals surface area contributed by atoms with Crippen LogP contribution in [-0.2, 0) is 0 Å². The van der Waals surface area contributed by atoms with Crippen LogP contribution < -0.4 is 0 Å². The lowest BCUT2D eigenvalue weighted by atomic mass is 9.86. The lowest BCUT2D eigenvalue weighted by Crippen LogP contribution is -2.08. The van der Waals surface area contributed by atoms with E-state index < -0.39 is 0 Å². The Balaban J connectivity index is 3.44.